The van der Waals surface area contributed by atoms with Gasteiger partial charge in [0.1, 0.15) is 0 Å². The first kappa shape index (κ1) is 18.1. The molecule has 1 aliphatic heterocycles. The minimum Gasteiger partial charge on any atom is -0.322 e. The standard InChI is InChI=1S/C21H25N3O2/c1-2-17-8-10-18(11-9-17)20(25)16-23-12-14-24(15-13-23)21(26)22-19-6-4-3-5-7-19/h3-11H,2,12-16H2,1H3,(H,22,26). The van der Waals surface area contributed by atoms with E-state index < -0.39 is 0 Å². The van der Waals surface area contributed by atoms with Gasteiger partial charge in [0.15, 0.2) is 5.78 Å². The summed E-state index contributed by atoms with van der Waals surface area (Å²) in [5.41, 5.74) is 2.79. The van der Waals surface area contributed by atoms with Crippen molar-refractivity contribution in [3.8, 4) is 0 Å². The van der Waals surface area contributed by atoms with Gasteiger partial charge in [0, 0.05) is 37.4 Å². The second-order valence-corrected chi connectivity index (χ2v) is 6.53. The molecule has 26 heavy (non-hydrogen) atoms. The smallest absolute Gasteiger partial charge is 0.321 e. The number of Topliss-reactive ketones (excluding diaryl/α,β-unsaturated/α-hetero) is 1. The molecule has 5 heteroatoms. The van der Waals surface area contributed by atoms with Crippen LogP contribution in [0.1, 0.15) is 22.8 Å². The molecule has 0 bridgehead atoms. The number of rotatable bonds is 5. The number of carbonyl (C=O) groups excluding carboxylic acids is 2. The molecule has 1 fully saturated rings. The number of piperazine rings is 1. The van der Waals surface area contributed by atoms with E-state index in [1.807, 2.05) is 54.6 Å². The Morgan fingerprint density at radius 3 is 2.19 bits per heavy atom. The molecule has 2 aromatic rings. The van der Waals surface area contributed by atoms with Crippen LogP contribution in [0.15, 0.2) is 54.6 Å². The summed E-state index contributed by atoms with van der Waals surface area (Å²) < 4.78 is 0. The van der Waals surface area contributed by atoms with Crippen molar-refractivity contribution in [1.29, 1.82) is 0 Å². The lowest BCUT2D eigenvalue weighted by molar-refractivity contribution is 0.0884. The number of nitrogens with zero attached hydrogens (tertiary/aromatic N) is 2. The van der Waals surface area contributed by atoms with Gasteiger partial charge in [-0.25, -0.2) is 4.79 Å². The van der Waals surface area contributed by atoms with E-state index >= 15 is 0 Å². The number of hydrogen-bond donors (Lipinski definition) is 1. The number of benzene rings is 2. The summed E-state index contributed by atoms with van der Waals surface area (Å²) >= 11 is 0. The summed E-state index contributed by atoms with van der Waals surface area (Å²) in [5, 5.41) is 2.91. The molecular formula is C21H25N3O2. The first-order chi connectivity index (χ1) is 12.7. The quantitative estimate of drug-likeness (QED) is 0.841. The first-order valence-electron chi connectivity index (χ1n) is 9.11. The third-order valence-corrected chi connectivity index (χ3v) is 4.74. The number of ketones is 1. The predicted octanol–water partition coefficient (Wildman–Crippen LogP) is 3.28. The van der Waals surface area contributed by atoms with E-state index in [1.54, 1.807) is 4.90 Å². The zero-order valence-electron chi connectivity index (χ0n) is 15.1. The number of amides is 2. The third-order valence-electron chi connectivity index (χ3n) is 4.74. The predicted molar refractivity (Wildman–Crippen MR) is 104 cm³/mol. The topological polar surface area (TPSA) is 52.7 Å². The average molecular weight is 351 g/mol. The van der Waals surface area contributed by atoms with Gasteiger partial charge >= 0.3 is 6.03 Å². The molecule has 1 N–H and O–H groups in total. The van der Waals surface area contributed by atoms with Crippen LogP contribution in [0.2, 0.25) is 0 Å². The Bertz CT molecular complexity index is 736. The molecule has 0 aliphatic carbocycles. The lowest BCUT2D eigenvalue weighted by atomic mass is 10.1. The fourth-order valence-electron chi connectivity index (χ4n) is 3.05. The van der Waals surface area contributed by atoms with E-state index in [2.05, 4.69) is 17.1 Å². The molecule has 0 radical (unpaired) electrons. The number of para-hydroxylation sites is 1. The van der Waals surface area contributed by atoms with E-state index in [0.29, 0.717) is 32.7 Å². The number of carbonyl (C=O) groups is 2. The third kappa shape index (κ3) is 4.70. The van der Waals surface area contributed by atoms with Crippen molar-refractivity contribution in [3.05, 3.63) is 65.7 Å². The van der Waals surface area contributed by atoms with Crippen molar-refractivity contribution in [2.45, 2.75) is 13.3 Å². The highest BCUT2D eigenvalue weighted by Gasteiger charge is 2.22. The highest BCUT2D eigenvalue weighted by molar-refractivity contribution is 5.97. The van der Waals surface area contributed by atoms with Crippen LogP contribution in [0.5, 0.6) is 0 Å². The minimum atomic E-state index is -0.0858. The summed E-state index contributed by atoms with van der Waals surface area (Å²) in [5.74, 6) is 0.134. The maximum Gasteiger partial charge on any atom is 0.321 e. The van der Waals surface area contributed by atoms with Crippen LogP contribution in [-0.4, -0.2) is 54.3 Å². The molecular weight excluding hydrogens is 326 g/mol. The van der Waals surface area contributed by atoms with Crippen LogP contribution >= 0.6 is 0 Å². The fraction of sp³-hybridized carbons (Fsp3) is 0.333. The number of urea groups is 1. The molecule has 136 valence electrons. The van der Waals surface area contributed by atoms with E-state index in [4.69, 9.17) is 0 Å². The van der Waals surface area contributed by atoms with Crippen LogP contribution in [0.25, 0.3) is 0 Å². The summed E-state index contributed by atoms with van der Waals surface area (Å²) in [7, 11) is 0. The fourth-order valence-corrected chi connectivity index (χ4v) is 3.05. The van der Waals surface area contributed by atoms with Gasteiger partial charge in [-0.2, -0.15) is 0 Å². The maximum atomic E-state index is 12.4. The average Bonchev–Trinajstić information content (AvgIpc) is 2.69. The van der Waals surface area contributed by atoms with Crippen LogP contribution < -0.4 is 5.32 Å². The van der Waals surface area contributed by atoms with Crippen molar-refractivity contribution in [3.63, 3.8) is 0 Å². The van der Waals surface area contributed by atoms with Crippen molar-refractivity contribution >= 4 is 17.5 Å². The monoisotopic (exact) mass is 351 g/mol. The van der Waals surface area contributed by atoms with E-state index in [-0.39, 0.29) is 11.8 Å². The Balaban J connectivity index is 1.47. The minimum absolute atomic E-state index is 0.0858. The molecule has 0 aromatic heterocycles. The second kappa shape index (κ2) is 8.63. The number of aryl methyl sites for hydroxylation is 1. The van der Waals surface area contributed by atoms with Gasteiger partial charge in [-0.1, -0.05) is 49.4 Å². The Labute approximate surface area is 154 Å². The van der Waals surface area contributed by atoms with Crippen molar-refractivity contribution in [1.82, 2.24) is 9.80 Å². The highest BCUT2D eigenvalue weighted by atomic mass is 16.2. The Kier molecular flexibility index (Phi) is 6.02. The van der Waals surface area contributed by atoms with Gasteiger partial charge in [0.05, 0.1) is 6.54 Å². The maximum absolute atomic E-state index is 12.4. The zero-order chi connectivity index (χ0) is 18.4. The number of anilines is 1. The lowest BCUT2D eigenvalue weighted by Gasteiger charge is -2.34. The Morgan fingerprint density at radius 2 is 1.58 bits per heavy atom. The van der Waals surface area contributed by atoms with Crippen LogP contribution in [0.3, 0.4) is 0 Å². The molecule has 0 atom stereocenters. The van der Waals surface area contributed by atoms with Crippen LogP contribution in [0, 0.1) is 0 Å². The molecule has 1 aliphatic rings. The van der Waals surface area contributed by atoms with E-state index in [1.165, 1.54) is 5.56 Å². The van der Waals surface area contributed by atoms with Crippen molar-refractivity contribution < 1.29 is 9.59 Å². The molecule has 1 saturated heterocycles. The second-order valence-electron chi connectivity index (χ2n) is 6.53. The van der Waals surface area contributed by atoms with E-state index in [0.717, 1.165) is 17.7 Å². The Hall–Kier alpha value is -2.66. The Morgan fingerprint density at radius 1 is 0.923 bits per heavy atom. The van der Waals surface area contributed by atoms with Gasteiger partial charge < -0.3 is 10.2 Å². The SMILES string of the molecule is CCc1ccc(C(=O)CN2CCN(C(=O)Nc3ccccc3)CC2)cc1. The summed E-state index contributed by atoms with van der Waals surface area (Å²) in [6.07, 6.45) is 0.974. The van der Waals surface area contributed by atoms with Crippen molar-refractivity contribution in [2.75, 3.05) is 38.0 Å². The molecule has 0 unspecified atom stereocenters. The molecule has 1 heterocycles. The van der Waals surface area contributed by atoms with Gasteiger partial charge in [0.2, 0.25) is 0 Å². The molecule has 2 amide bonds. The largest absolute Gasteiger partial charge is 0.322 e. The van der Waals surface area contributed by atoms with Gasteiger partial charge in [0.25, 0.3) is 0 Å². The normalized spacial score (nSPS) is 14.9. The molecule has 3 rings (SSSR count). The van der Waals surface area contributed by atoms with E-state index in [9.17, 15) is 9.59 Å². The van der Waals surface area contributed by atoms with Crippen molar-refractivity contribution in [2.24, 2.45) is 0 Å². The first-order valence-corrected chi connectivity index (χ1v) is 9.11. The van der Waals surface area contributed by atoms with Gasteiger partial charge in [-0.15, -0.1) is 0 Å². The number of nitrogens with one attached hydrogen (secondary N) is 1. The zero-order valence-corrected chi connectivity index (χ0v) is 15.1. The number of hydrogen-bond acceptors (Lipinski definition) is 3. The molecule has 5 nitrogen and oxygen atoms in total. The van der Waals surface area contributed by atoms with Gasteiger partial charge in [-0.3, -0.25) is 9.69 Å². The van der Waals surface area contributed by atoms with Crippen LogP contribution in [-0.2, 0) is 6.42 Å². The molecule has 0 spiro atoms. The summed E-state index contributed by atoms with van der Waals surface area (Å²) in [6, 6.07) is 17.2. The molecule has 0 saturated carbocycles. The highest BCUT2D eigenvalue weighted by Crippen LogP contribution is 2.11. The molecule has 2 aromatic carbocycles. The van der Waals surface area contributed by atoms with Crippen LogP contribution in [0.4, 0.5) is 10.5 Å². The van der Waals surface area contributed by atoms with Gasteiger partial charge in [-0.05, 0) is 24.1 Å². The summed E-state index contributed by atoms with van der Waals surface area (Å²) in [6.45, 7) is 5.17. The lowest BCUT2D eigenvalue weighted by Crippen LogP contribution is -2.51. The summed E-state index contributed by atoms with van der Waals surface area (Å²) in [4.78, 5) is 28.7.